The Morgan fingerprint density at radius 2 is 0.864 bits per heavy atom. The van der Waals surface area contributed by atoms with E-state index >= 15 is 0 Å². The van der Waals surface area contributed by atoms with Crippen molar-refractivity contribution in [1.29, 1.82) is 0 Å². The predicted octanol–water partition coefficient (Wildman–Crippen LogP) is 7.78. The van der Waals surface area contributed by atoms with Crippen molar-refractivity contribution < 1.29 is 64.6 Å². The van der Waals surface area contributed by atoms with Crippen molar-refractivity contribution >= 4 is 5.91 Å². The van der Waals surface area contributed by atoms with Crippen LogP contribution in [-0.2, 0) is 23.7 Å². The molecule has 0 radical (unpaired) electrons. The number of carbonyl (C=O) groups is 1. The first-order valence-electron chi connectivity index (χ1n) is 27.3. The molecule has 0 spiro atoms. The van der Waals surface area contributed by atoms with Gasteiger partial charge in [0, 0.05) is 6.42 Å². The summed E-state index contributed by atoms with van der Waals surface area (Å²) in [5.41, 5.74) is 0. The summed E-state index contributed by atoms with van der Waals surface area (Å²) in [7, 11) is 0. The van der Waals surface area contributed by atoms with Crippen LogP contribution in [0.25, 0.3) is 0 Å². The second kappa shape index (κ2) is 39.7. The molecule has 12 atom stereocenters. The molecule has 1 amide bonds. The highest BCUT2D eigenvalue weighted by Crippen LogP contribution is 2.30. The molecule has 2 fully saturated rings. The monoisotopic (exact) mass is 948 g/mol. The fourth-order valence-corrected chi connectivity index (χ4v) is 9.36. The summed E-state index contributed by atoms with van der Waals surface area (Å²) < 4.78 is 22.5. The minimum atomic E-state index is -1.78. The fourth-order valence-electron chi connectivity index (χ4n) is 9.36. The van der Waals surface area contributed by atoms with Crippen LogP contribution in [0.2, 0.25) is 0 Å². The zero-order valence-electron chi connectivity index (χ0n) is 41.7. The van der Waals surface area contributed by atoms with E-state index in [2.05, 4.69) is 19.2 Å². The Labute approximate surface area is 400 Å². The lowest BCUT2D eigenvalue weighted by molar-refractivity contribution is -0.359. The lowest BCUT2D eigenvalue weighted by atomic mass is 9.97. The van der Waals surface area contributed by atoms with E-state index < -0.39 is 86.8 Å². The standard InChI is InChI=1S/C52H101NO13/c1-3-5-7-8-9-10-11-12-13-14-15-16-17-18-19-20-21-22-23-24-25-26-27-28-29-30-31-32-34-36-44(57)53-40(41(56)35-33-6-4-2)39-63-51-49(62)47(60)50(43(38-55)65-51)66-52-48(61)46(59)45(58)42(37-54)64-52/h40-43,45-52,54-56,58-62H,3-39H2,1-2H3,(H,53,57). The maximum Gasteiger partial charge on any atom is 0.220 e. The van der Waals surface area contributed by atoms with Crippen LogP contribution in [0.4, 0.5) is 0 Å². The molecule has 14 nitrogen and oxygen atoms in total. The van der Waals surface area contributed by atoms with Gasteiger partial charge in [-0.2, -0.15) is 0 Å². The Bertz CT molecular complexity index is 1120. The van der Waals surface area contributed by atoms with Gasteiger partial charge in [0.1, 0.15) is 48.8 Å². The molecule has 2 aliphatic rings. The lowest BCUT2D eigenvalue weighted by Gasteiger charge is -2.46. The van der Waals surface area contributed by atoms with Crippen LogP contribution in [0.5, 0.6) is 0 Å². The summed E-state index contributed by atoms with van der Waals surface area (Å²) in [6.07, 6.45) is 25.4. The first-order chi connectivity index (χ1) is 32.1. The highest BCUT2D eigenvalue weighted by atomic mass is 16.7. The van der Waals surface area contributed by atoms with E-state index in [0.29, 0.717) is 12.8 Å². The molecule has 0 aromatic heterocycles. The summed E-state index contributed by atoms with van der Waals surface area (Å²) in [6, 6.07) is -0.818. The van der Waals surface area contributed by atoms with Crippen LogP contribution < -0.4 is 5.32 Å². The van der Waals surface area contributed by atoms with Crippen LogP contribution in [0.15, 0.2) is 0 Å². The molecule has 0 aromatic carbocycles. The van der Waals surface area contributed by atoms with E-state index in [0.717, 1.165) is 44.9 Å². The van der Waals surface area contributed by atoms with Gasteiger partial charge in [-0.3, -0.25) is 4.79 Å². The third-order valence-electron chi connectivity index (χ3n) is 13.8. The van der Waals surface area contributed by atoms with Gasteiger partial charge >= 0.3 is 0 Å². The number of aliphatic hydroxyl groups excluding tert-OH is 8. The average molecular weight is 948 g/mol. The zero-order chi connectivity index (χ0) is 48.2. The number of hydrogen-bond acceptors (Lipinski definition) is 13. The first kappa shape index (κ1) is 61.1. The van der Waals surface area contributed by atoms with Crippen LogP contribution >= 0.6 is 0 Å². The van der Waals surface area contributed by atoms with Crippen LogP contribution in [-0.4, -0.2) is 140 Å². The molecule has 2 aliphatic heterocycles. The maximum atomic E-state index is 13.0. The van der Waals surface area contributed by atoms with Gasteiger partial charge in [0.05, 0.1) is 32.0 Å². The molecule has 392 valence electrons. The van der Waals surface area contributed by atoms with Gasteiger partial charge in [-0.25, -0.2) is 0 Å². The smallest absolute Gasteiger partial charge is 0.220 e. The Kier molecular flexibility index (Phi) is 36.7. The molecule has 66 heavy (non-hydrogen) atoms. The van der Waals surface area contributed by atoms with Crippen molar-refractivity contribution in [3.8, 4) is 0 Å². The zero-order valence-corrected chi connectivity index (χ0v) is 41.7. The third-order valence-corrected chi connectivity index (χ3v) is 13.8. The first-order valence-corrected chi connectivity index (χ1v) is 27.3. The van der Waals surface area contributed by atoms with E-state index in [9.17, 15) is 45.6 Å². The predicted molar refractivity (Wildman–Crippen MR) is 259 cm³/mol. The highest BCUT2D eigenvalue weighted by molar-refractivity contribution is 5.76. The number of nitrogens with one attached hydrogen (secondary N) is 1. The summed E-state index contributed by atoms with van der Waals surface area (Å²) >= 11 is 0. The summed E-state index contributed by atoms with van der Waals surface area (Å²) in [5, 5.41) is 86.1. The van der Waals surface area contributed by atoms with Gasteiger partial charge < -0.3 is 65.1 Å². The fraction of sp³-hybridized carbons (Fsp3) is 0.981. The third kappa shape index (κ3) is 26.3. The molecule has 9 N–H and O–H groups in total. The van der Waals surface area contributed by atoms with Crippen molar-refractivity contribution in [3.05, 3.63) is 0 Å². The van der Waals surface area contributed by atoms with Crippen molar-refractivity contribution in [1.82, 2.24) is 5.32 Å². The van der Waals surface area contributed by atoms with Gasteiger partial charge in [-0.15, -0.1) is 0 Å². The molecule has 2 rings (SSSR count). The molecule has 2 saturated heterocycles. The van der Waals surface area contributed by atoms with Crippen molar-refractivity contribution in [2.45, 2.75) is 306 Å². The van der Waals surface area contributed by atoms with E-state index in [-0.39, 0.29) is 12.5 Å². The second-order valence-corrected chi connectivity index (χ2v) is 19.7. The second-order valence-electron chi connectivity index (χ2n) is 19.7. The van der Waals surface area contributed by atoms with Crippen molar-refractivity contribution in [2.75, 3.05) is 19.8 Å². The van der Waals surface area contributed by atoms with Gasteiger partial charge in [-0.1, -0.05) is 213 Å². The lowest BCUT2D eigenvalue weighted by Crippen LogP contribution is -2.65. The van der Waals surface area contributed by atoms with Gasteiger partial charge in [-0.05, 0) is 12.8 Å². The van der Waals surface area contributed by atoms with Gasteiger partial charge in [0.2, 0.25) is 5.91 Å². The molecule has 0 saturated carbocycles. The number of unbranched alkanes of at least 4 members (excludes halogenated alkanes) is 30. The number of rotatable bonds is 43. The number of ether oxygens (including phenoxy) is 4. The van der Waals surface area contributed by atoms with Crippen molar-refractivity contribution in [2.24, 2.45) is 0 Å². The quantitative estimate of drug-likeness (QED) is 0.0267. The molecule has 0 aliphatic carbocycles. The maximum absolute atomic E-state index is 13.0. The van der Waals surface area contributed by atoms with Gasteiger partial charge in [0.15, 0.2) is 12.6 Å². The Balaban J connectivity index is 1.53. The van der Waals surface area contributed by atoms with Gasteiger partial charge in [0.25, 0.3) is 0 Å². The minimum absolute atomic E-state index is 0.213. The number of hydrogen-bond donors (Lipinski definition) is 9. The number of amides is 1. The van der Waals surface area contributed by atoms with Crippen LogP contribution in [0, 0.1) is 0 Å². The van der Waals surface area contributed by atoms with Crippen molar-refractivity contribution in [3.63, 3.8) is 0 Å². The summed E-state index contributed by atoms with van der Waals surface area (Å²) in [5.74, 6) is -0.213. The SMILES string of the molecule is CCCCCCCCCCCCCCCCCCCCCCCCCCCCCCCC(=O)NC(COC1OC(CO)C(OC2OC(CO)C(O)C(O)C2O)C(O)C1O)C(O)CCCCC. The largest absolute Gasteiger partial charge is 0.394 e. The van der Waals surface area contributed by atoms with E-state index in [1.165, 1.54) is 161 Å². The summed E-state index contributed by atoms with van der Waals surface area (Å²) in [6.45, 7) is 2.69. The summed E-state index contributed by atoms with van der Waals surface area (Å²) in [4.78, 5) is 13.0. The number of carbonyl (C=O) groups excluding carboxylic acids is 1. The molecule has 2 heterocycles. The highest BCUT2D eigenvalue weighted by Gasteiger charge is 2.51. The average Bonchev–Trinajstić information content (AvgIpc) is 3.31. The Morgan fingerprint density at radius 3 is 1.29 bits per heavy atom. The molecule has 0 aromatic rings. The molecular formula is C52H101NO13. The van der Waals surface area contributed by atoms with Crippen LogP contribution in [0.1, 0.15) is 232 Å². The van der Waals surface area contributed by atoms with E-state index in [1.807, 2.05) is 0 Å². The normalized spacial score (nSPS) is 26.7. The van der Waals surface area contributed by atoms with E-state index in [1.54, 1.807) is 0 Å². The topological polar surface area (TPSA) is 228 Å². The van der Waals surface area contributed by atoms with Crippen LogP contribution in [0.3, 0.4) is 0 Å². The molecule has 12 unspecified atom stereocenters. The molecule has 0 bridgehead atoms. The minimum Gasteiger partial charge on any atom is -0.394 e. The molecule has 14 heteroatoms. The Morgan fingerprint density at radius 1 is 0.485 bits per heavy atom. The van der Waals surface area contributed by atoms with E-state index in [4.69, 9.17) is 18.9 Å². The Hall–Kier alpha value is -1.01. The molecular weight excluding hydrogens is 847 g/mol. The number of aliphatic hydroxyl groups is 8.